The van der Waals surface area contributed by atoms with Crippen molar-refractivity contribution in [2.24, 2.45) is 0 Å². The van der Waals surface area contributed by atoms with Crippen molar-refractivity contribution in [1.82, 2.24) is 10.3 Å². The zero-order valence-electron chi connectivity index (χ0n) is 19.5. The van der Waals surface area contributed by atoms with Crippen molar-refractivity contribution in [3.63, 3.8) is 0 Å². The molecule has 0 aliphatic carbocycles. The van der Waals surface area contributed by atoms with Crippen molar-refractivity contribution >= 4 is 17.7 Å². The van der Waals surface area contributed by atoms with Gasteiger partial charge in [0.25, 0.3) is 5.91 Å². The van der Waals surface area contributed by atoms with Gasteiger partial charge >= 0.3 is 5.97 Å². The molecule has 0 fully saturated rings. The average molecular weight is 458 g/mol. The highest BCUT2D eigenvalue weighted by atomic mass is 16.4. The van der Waals surface area contributed by atoms with Crippen LogP contribution in [0.5, 0.6) is 0 Å². The first-order valence-corrected chi connectivity index (χ1v) is 11.9. The first kappa shape index (κ1) is 23.5. The fourth-order valence-corrected chi connectivity index (χ4v) is 4.32. The maximum absolute atomic E-state index is 12.6. The summed E-state index contributed by atoms with van der Waals surface area (Å²) in [6, 6.07) is 18.5. The number of carboxylic acids is 1. The molecule has 0 spiro atoms. The van der Waals surface area contributed by atoms with Gasteiger partial charge in [-0.2, -0.15) is 0 Å². The molecule has 6 nitrogen and oxygen atoms in total. The standard InChI is InChI=1S/C28H31N3O3/c1-19-6-2-3-10-24(19)27(32)31-25(28(33)34)18-21-13-11-20(12-14-21)7-4-9-23-16-15-22-8-5-17-29-26(22)30-23/h2-3,6,10-16,25H,4-5,7-9,17-18H2,1H3,(H,29,30)(H,31,32)(H,33,34). The highest BCUT2D eigenvalue weighted by Gasteiger charge is 2.22. The molecule has 3 N–H and O–H groups in total. The second-order valence-corrected chi connectivity index (χ2v) is 8.89. The fraction of sp³-hybridized carbons (Fsp3) is 0.321. The average Bonchev–Trinajstić information content (AvgIpc) is 2.84. The van der Waals surface area contributed by atoms with Crippen molar-refractivity contribution in [1.29, 1.82) is 0 Å². The van der Waals surface area contributed by atoms with E-state index in [4.69, 9.17) is 4.98 Å². The minimum atomic E-state index is -1.04. The molecule has 3 aromatic rings. The van der Waals surface area contributed by atoms with Gasteiger partial charge in [-0.25, -0.2) is 9.78 Å². The van der Waals surface area contributed by atoms with E-state index in [1.165, 1.54) is 11.1 Å². The number of nitrogens with one attached hydrogen (secondary N) is 2. The Balaban J connectivity index is 1.30. The molecule has 6 heteroatoms. The number of hydrogen-bond donors (Lipinski definition) is 3. The van der Waals surface area contributed by atoms with Crippen LogP contribution in [0.15, 0.2) is 60.7 Å². The van der Waals surface area contributed by atoms with Gasteiger partial charge in [-0.15, -0.1) is 0 Å². The van der Waals surface area contributed by atoms with Gasteiger partial charge in [-0.3, -0.25) is 4.79 Å². The van der Waals surface area contributed by atoms with E-state index in [0.717, 1.165) is 61.3 Å². The molecule has 1 unspecified atom stereocenters. The van der Waals surface area contributed by atoms with Gasteiger partial charge in [0.2, 0.25) is 0 Å². The Labute approximate surface area is 200 Å². The van der Waals surface area contributed by atoms with Crippen molar-refractivity contribution in [2.75, 3.05) is 11.9 Å². The monoisotopic (exact) mass is 457 g/mol. The van der Waals surface area contributed by atoms with Crippen molar-refractivity contribution in [3.8, 4) is 0 Å². The number of anilines is 1. The number of pyridine rings is 1. The summed E-state index contributed by atoms with van der Waals surface area (Å²) in [6.07, 6.45) is 5.34. The van der Waals surface area contributed by atoms with Gasteiger partial charge in [0.05, 0.1) is 0 Å². The van der Waals surface area contributed by atoms with Gasteiger partial charge in [0, 0.05) is 24.2 Å². The Bertz CT molecular complexity index is 1160. The quantitative estimate of drug-likeness (QED) is 0.444. The molecule has 1 aliphatic heterocycles. The third-order valence-corrected chi connectivity index (χ3v) is 6.31. The largest absolute Gasteiger partial charge is 0.480 e. The Kier molecular flexibility index (Phi) is 7.58. The number of carbonyl (C=O) groups excluding carboxylic acids is 1. The number of amides is 1. The molecule has 2 heterocycles. The Hall–Kier alpha value is -3.67. The number of hydrogen-bond acceptors (Lipinski definition) is 4. The number of rotatable bonds is 9. The van der Waals surface area contributed by atoms with Crippen LogP contribution < -0.4 is 10.6 Å². The molecule has 1 atom stereocenters. The maximum atomic E-state index is 12.6. The van der Waals surface area contributed by atoms with Gasteiger partial charge in [-0.05, 0) is 73.4 Å². The summed E-state index contributed by atoms with van der Waals surface area (Å²) in [5, 5.41) is 15.7. The van der Waals surface area contributed by atoms with Crippen molar-refractivity contribution < 1.29 is 14.7 Å². The van der Waals surface area contributed by atoms with Gasteiger partial charge in [0.15, 0.2) is 0 Å². The van der Waals surface area contributed by atoms with Crippen LogP contribution in [-0.4, -0.2) is 34.6 Å². The lowest BCUT2D eigenvalue weighted by molar-refractivity contribution is -0.139. The number of aromatic nitrogens is 1. The van der Waals surface area contributed by atoms with Gasteiger partial charge in [0.1, 0.15) is 11.9 Å². The molecular formula is C28H31N3O3. The fourth-order valence-electron chi connectivity index (χ4n) is 4.32. The summed E-state index contributed by atoms with van der Waals surface area (Å²) in [6.45, 7) is 2.83. The second kappa shape index (κ2) is 11.0. The smallest absolute Gasteiger partial charge is 0.326 e. The van der Waals surface area contributed by atoms with Crippen LogP contribution >= 0.6 is 0 Å². The molecule has 4 rings (SSSR count). The Morgan fingerprint density at radius 1 is 1.03 bits per heavy atom. The van der Waals surface area contributed by atoms with Crippen LogP contribution in [0.4, 0.5) is 5.82 Å². The van der Waals surface area contributed by atoms with Crippen LogP contribution in [0.3, 0.4) is 0 Å². The molecular weight excluding hydrogens is 426 g/mol. The number of benzene rings is 2. The Morgan fingerprint density at radius 3 is 2.56 bits per heavy atom. The van der Waals surface area contributed by atoms with E-state index in [1.807, 2.05) is 43.3 Å². The molecule has 0 radical (unpaired) electrons. The van der Waals surface area contributed by atoms with E-state index in [1.54, 1.807) is 12.1 Å². The van der Waals surface area contributed by atoms with Crippen LogP contribution in [0.25, 0.3) is 0 Å². The predicted molar refractivity (Wildman–Crippen MR) is 133 cm³/mol. The molecule has 2 aromatic carbocycles. The summed E-state index contributed by atoms with van der Waals surface area (Å²) in [5.41, 5.74) is 5.81. The van der Waals surface area contributed by atoms with E-state index in [0.29, 0.717) is 5.56 Å². The normalized spacial score (nSPS) is 13.4. The molecule has 0 saturated heterocycles. The number of nitrogens with zero attached hydrogens (tertiary/aromatic N) is 1. The molecule has 1 aliphatic rings. The number of aryl methyl sites for hydroxylation is 4. The highest BCUT2D eigenvalue weighted by Crippen LogP contribution is 2.20. The third kappa shape index (κ3) is 6.01. The van der Waals surface area contributed by atoms with Crippen LogP contribution in [0.2, 0.25) is 0 Å². The van der Waals surface area contributed by atoms with Crippen molar-refractivity contribution in [2.45, 2.75) is 51.5 Å². The molecule has 0 saturated carbocycles. The van der Waals surface area contributed by atoms with Crippen LogP contribution in [0.1, 0.15) is 51.1 Å². The molecule has 1 amide bonds. The lowest BCUT2D eigenvalue weighted by Gasteiger charge is -2.17. The predicted octanol–water partition coefficient (Wildman–Crippen LogP) is 4.35. The van der Waals surface area contributed by atoms with Crippen LogP contribution in [0, 0.1) is 6.92 Å². The van der Waals surface area contributed by atoms with Gasteiger partial charge in [-0.1, -0.05) is 48.5 Å². The summed E-state index contributed by atoms with van der Waals surface area (Å²) < 4.78 is 0. The minimum absolute atomic E-state index is 0.235. The Morgan fingerprint density at radius 2 is 1.79 bits per heavy atom. The van der Waals surface area contributed by atoms with Gasteiger partial charge < -0.3 is 15.7 Å². The lowest BCUT2D eigenvalue weighted by Crippen LogP contribution is -2.42. The van der Waals surface area contributed by atoms with E-state index >= 15 is 0 Å². The second-order valence-electron chi connectivity index (χ2n) is 8.89. The molecule has 34 heavy (non-hydrogen) atoms. The topological polar surface area (TPSA) is 91.3 Å². The molecule has 176 valence electrons. The third-order valence-electron chi connectivity index (χ3n) is 6.31. The molecule has 1 aromatic heterocycles. The zero-order chi connectivity index (χ0) is 23.9. The number of aliphatic carboxylic acids is 1. The maximum Gasteiger partial charge on any atom is 0.326 e. The number of carbonyl (C=O) groups is 2. The first-order valence-electron chi connectivity index (χ1n) is 11.9. The summed E-state index contributed by atoms with van der Waals surface area (Å²) in [4.78, 5) is 29.1. The zero-order valence-corrected chi connectivity index (χ0v) is 19.5. The van der Waals surface area contributed by atoms with Crippen LogP contribution in [-0.2, 0) is 30.5 Å². The van der Waals surface area contributed by atoms with E-state index in [-0.39, 0.29) is 12.3 Å². The minimum Gasteiger partial charge on any atom is -0.480 e. The summed E-state index contributed by atoms with van der Waals surface area (Å²) in [5.74, 6) is -0.373. The summed E-state index contributed by atoms with van der Waals surface area (Å²) >= 11 is 0. The number of carboxylic acid groups (broad SMARTS) is 1. The van der Waals surface area contributed by atoms with E-state index in [9.17, 15) is 14.7 Å². The lowest BCUT2D eigenvalue weighted by atomic mass is 10.0. The highest BCUT2D eigenvalue weighted by molar-refractivity contribution is 5.97. The van der Waals surface area contributed by atoms with Crippen molar-refractivity contribution in [3.05, 3.63) is 94.2 Å². The first-order chi connectivity index (χ1) is 16.5. The molecule has 0 bridgehead atoms. The summed E-state index contributed by atoms with van der Waals surface area (Å²) in [7, 11) is 0. The van der Waals surface area contributed by atoms with E-state index < -0.39 is 12.0 Å². The SMILES string of the molecule is Cc1ccccc1C(=O)NC(Cc1ccc(CCCc2ccc3c(n2)NCCC3)cc1)C(=O)O. The number of fused-ring (bicyclic) bond motifs is 1. The van der Waals surface area contributed by atoms with E-state index in [2.05, 4.69) is 22.8 Å².